The quantitative estimate of drug-likeness (QED) is 0.357. The summed E-state index contributed by atoms with van der Waals surface area (Å²) >= 11 is 6.46. The van der Waals surface area contributed by atoms with Crippen LogP contribution in [0.2, 0.25) is 5.02 Å². The fourth-order valence-electron chi connectivity index (χ4n) is 5.39. The lowest BCUT2D eigenvalue weighted by molar-refractivity contribution is -0.126. The van der Waals surface area contributed by atoms with Crippen LogP contribution in [0.3, 0.4) is 0 Å². The molecule has 2 aliphatic rings. The number of nitrogens with one attached hydrogen (secondary N) is 3. The van der Waals surface area contributed by atoms with Crippen molar-refractivity contribution in [2.75, 3.05) is 11.9 Å². The highest BCUT2D eigenvalue weighted by atomic mass is 35.5. The summed E-state index contributed by atoms with van der Waals surface area (Å²) < 4.78 is 33.8. The lowest BCUT2D eigenvalue weighted by atomic mass is 9.90. The normalized spacial score (nSPS) is 22.8. The van der Waals surface area contributed by atoms with Gasteiger partial charge in [-0.2, -0.15) is 0 Å². The molecule has 12 heteroatoms. The monoisotopic (exact) mass is 574 g/mol. The van der Waals surface area contributed by atoms with E-state index in [1.54, 1.807) is 27.0 Å². The van der Waals surface area contributed by atoms with Crippen LogP contribution in [0.1, 0.15) is 52.9 Å². The molecule has 5 rings (SSSR count). The van der Waals surface area contributed by atoms with Crippen molar-refractivity contribution in [3.8, 4) is 11.3 Å². The molecule has 214 valence electrons. The number of ether oxygens (including phenoxy) is 1. The molecule has 0 bridgehead atoms. The van der Waals surface area contributed by atoms with Crippen LogP contribution in [0.4, 0.5) is 19.5 Å². The highest BCUT2D eigenvalue weighted by Crippen LogP contribution is 2.35. The van der Waals surface area contributed by atoms with Crippen molar-refractivity contribution in [1.82, 2.24) is 25.2 Å². The minimum absolute atomic E-state index is 0.0528. The third kappa shape index (κ3) is 6.29. The molecule has 1 aliphatic heterocycles. The summed E-state index contributed by atoms with van der Waals surface area (Å²) in [6.45, 7) is 4.10. The van der Waals surface area contributed by atoms with Gasteiger partial charge in [-0.1, -0.05) is 29.8 Å². The highest BCUT2D eigenvalue weighted by Gasteiger charge is 2.51. The van der Waals surface area contributed by atoms with Gasteiger partial charge in [0.15, 0.2) is 0 Å². The van der Waals surface area contributed by atoms with Gasteiger partial charge in [-0.25, -0.2) is 23.5 Å². The predicted octanol–water partition coefficient (Wildman–Crippen LogP) is 5.76. The van der Waals surface area contributed by atoms with Gasteiger partial charge in [0.05, 0.1) is 23.5 Å². The van der Waals surface area contributed by atoms with E-state index in [2.05, 4.69) is 25.6 Å². The van der Waals surface area contributed by atoms with Crippen LogP contribution in [-0.2, 0) is 9.53 Å². The summed E-state index contributed by atoms with van der Waals surface area (Å²) in [6, 6.07) is 6.26. The minimum Gasteiger partial charge on any atom is -0.444 e. The number of nitrogens with zero attached hydrogens (tertiary/aromatic N) is 3. The molecule has 9 nitrogen and oxygen atoms in total. The third-order valence-electron chi connectivity index (χ3n) is 7.14. The molecular formula is C28H33ClF2N6O3. The van der Waals surface area contributed by atoms with Crippen LogP contribution in [0.15, 0.2) is 36.7 Å². The fourth-order valence-corrected chi connectivity index (χ4v) is 5.58. The molecule has 3 aromatic rings. The Hall–Kier alpha value is -3.47. The molecule has 0 spiro atoms. The Kier molecular flexibility index (Phi) is 7.60. The number of para-hydroxylation sites is 1. The number of aromatic nitrogens is 3. The van der Waals surface area contributed by atoms with E-state index >= 15 is 0 Å². The number of rotatable bonds is 5. The molecule has 1 saturated carbocycles. The average molecular weight is 575 g/mol. The van der Waals surface area contributed by atoms with Crippen LogP contribution in [0, 0.1) is 0 Å². The van der Waals surface area contributed by atoms with Gasteiger partial charge in [0, 0.05) is 41.2 Å². The number of aromatic amines is 1. The SMILES string of the molecule is CC(C)(C)OC(=O)N1CC(F)(F)CC1C(=O)N[C@H]1CCC[C@@H](Nc2ncc(Cl)c(-c3c[nH]c4ccccc34)n2)C1. The zero-order chi connectivity index (χ0) is 28.7. The van der Waals surface area contributed by atoms with Crippen LogP contribution in [0.25, 0.3) is 22.2 Å². The van der Waals surface area contributed by atoms with Crippen molar-refractivity contribution in [2.24, 2.45) is 0 Å². The van der Waals surface area contributed by atoms with Crippen molar-refractivity contribution in [2.45, 2.75) is 82.5 Å². The van der Waals surface area contributed by atoms with Gasteiger partial charge in [0.25, 0.3) is 5.92 Å². The van der Waals surface area contributed by atoms with Crippen molar-refractivity contribution < 1.29 is 23.1 Å². The highest BCUT2D eigenvalue weighted by molar-refractivity contribution is 6.33. The van der Waals surface area contributed by atoms with E-state index in [9.17, 15) is 18.4 Å². The lowest BCUT2D eigenvalue weighted by Crippen LogP contribution is -2.51. The standard InChI is InChI=1S/C28H33ClF2N6O3/c1-27(2,3)40-26(39)37-15-28(30,31)12-22(37)24(38)34-16-7-6-8-17(11-16)35-25-33-14-20(29)23(36-25)19-13-32-21-10-5-4-9-18(19)21/h4-5,9-10,13-14,16-17,22,32H,6-8,11-12,15H2,1-3H3,(H,34,38)(H,33,35,36)/t16-,17+,22?/m0/s1. The first-order valence-electron chi connectivity index (χ1n) is 13.4. The number of alkyl halides is 2. The lowest BCUT2D eigenvalue weighted by Gasteiger charge is -2.32. The first kappa shape index (κ1) is 28.1. The van der Waals surface area contributed by atoms with Crippen LogP contribution >= 0.6 is 11.6 Å². The van der Waals surface area contributed by atoms with Crippen LogP contribution in [0.5, 0.6) is 0 Å². The maximum Gasteiger partial charge on any atom is 0.411 e. The van der Waals surface area contributed by atoms with Crippen molar-refractivity contribution in [3.05, 3.63) is 41.7 Å². The van der Waals surface area contributed by atoms with E-state index in [4.69, 9.17) is 16.3 Å². The van der Waals surface area contributed by atoms with Gasteiger partial charge < -0.3 is 20.4 Å². The summed E-state index contributed by atoms with van der Waals surface area (Å²) in [5.41, 5.74) is 1.57. The molecule has 2 fully saturated rings. The molecule has 1 unspecified atom stereocenters. The number of likely N-dealkylation sites (tertiary alicyclic amines) is 1. The van der Waals surface area contributed by atoms with Crippen LogP contribution in [-0.4, -0.2) is 68.0 Å². The second-order valence-corrected chi connectivity index (χ2v) is 11.9. The molecule has 2 amide bonds. The van der Waals surface area contributed by atoms with Crippen LogP contribution < -0.4 is 10.6 Å². The van der Waals surface area contributed by atoms with Crippen molar-refractivity contribution >= 4 is 40.5 Å². The number of halogens is 3. The number of carbonyl (C=O) groups is 2. The molecule has 3 heterocycles. The van der Waals surface area contributed by atoms with Crippen molar-refractivity contribution in [3.63, 3.8) is 0 Å². The molecular weight excluding hydrogens is 542 g/mol. The fraction of sp³-hybridized carbons (Fsp3) is 0.500. The number of anilines is 1. The number of hydrogen-bond acceptors (Lipinski definition) is 6. The molecule has 2 aromatic heterocycles. The Balaban J connectivity index is 1.25. The topological polar surface area (TPSA) is 112 Å². The summed E-state index contributed by atoms with van der Waals surface area (Å²) in [5, 5.41) is 7.66. The van der Waals surface area contributed by atoms with Gasteiger partial charge in [0.1, 0.15) is 11.6 Å². The third-order valence-corrected chi connectivity index (χ3v) is 7.42. The summed E-state index contributed by atoms with van der Waals surface area (Å²) in [4.78, 5) is 38.8. The second-order valence-electron chi connectivity index (χ2n) is 11.5. The summed E-state index contributed by atoms with van der Waals surface area (Å²) in [7, 11) is 0. The molecule has 1 saturated heterocycles. The number of fused-ring (bicyclic) bond motifs is 1. The van der Waals surface area contributed by atoms with E-state index in [0.717, 1.165) is 34.2 Å². The van der Waals surface area contributed by atoms with Gasteiger partial charge in [0.2, 0.25) is 11.9 Å². The van der Waals surface area contributed by atoms with Gasteiger partial charge in [-0.3, -0.25) is 9.69 Å². The maximum atomic E-state index is 14.3. The first-order valence-corrected chi connectivity index (χ1v) is 13.8. The zero-order valence-corrected chi connectivity index (χ0v) is 23.4. The Morgan fingerprint density at radius 2 is 1.95 bits per heavy atom. The molecule has 3 atom stereocenters. The summed E-state index contributed by atoms with van der Waals surface area (Å²) in [6.07, 6.45) is 4.65. The predicted molar refractivity (Wildman–Crippen MR) is 148 cm³/mol. The Labute approximate surface area is 236 Å². The van der Waals surface area contributed by atoms with E-state index in [1.165, 1.54) is 0 Å². The Morgan fingerprint density at radius 1 is 1.20 bits per heavy atom. The van der Waals surface area contributed by atoms with E-state index in [0.29, 0.717) is 29.5 Å². The van der Waals surface area contributed by atoms with Gasteiger partial charge in [-0.05, 0) is 52.5 Å². The minimum atomic E-state index is -3.16. The maximum absolute atomic E-state index is 14.3. The average Bonchev–Trinajstić information content (AvgIpc) is 3.45. The van der Waals surface area contributed by atoms with Crippen molar-refractivity contribution in [1.29, 1.82) is 0 Å². The second kappa shape index (κ2) is 10.8. The Morgan fingerprint density at radius 3 is 2.73 bits per heavy atom. The molecule has 0 radical (unpaired) electrons. The summed E-state index contributed by atoms with van der Waals surface area (Å²) in [5.74, 6) is -3.35. The Bertz CT molecular complexity index is 1410. The molecule has 1 aromatic carbocycles. The number of amides is 2. The van der Waals surface area contributed by atoms with Gasteiger partial charge in [-0.15, -0.1) is 0 Å². The number of benzene rings is 1. The van der Waals surface area contributed by atoms with E-state index in [1.807, 2.05) is 30.5 Å². The smallest absolute Gasteiger partial charge is 0.411 e. The first-order chi connectivity index (χ1) is 18.9. The number of hydrogen-bond donors (Lipinski definition) is 3. The number of carbonyl (C=O) groups excluding carboxylic acids is 2. The zero-order valence-electron chi connectivity index (χ0n) is 22.6. The molecule has 40 heavy (non-hydrogen) atoms. The van der Waals surface area contributed by atoms with E-state index in [-0.39, 0.29) is 12.1 Å². The number of H-pyrrole nitrogens is 1. The van der Waals surface area contributed by atoms with Gasteiger partial charge >= 0.3 is 6.09 Å². The molecule has 1 aliphatic carbocycles. The molecule has 3 N–H and O–H groups in total. The van der Waals surface area contributed by atoms with E-state index < -0.39 is 42.5 Å². The largest absolute Gasteiger partial charge is 0.444 e.